The van der Waals surface area contributed by atoms with E-state index in [-0.39, 0.29) is 0 Å². The van der Waals surface area contributed by atoms with E-state index >= 15 is 0 Å². The smallest absolute Gasteiger partial charge is 0.0398 e. The van der Waals surface area contributed by atoms with Crippen LogP contribution < -0.4 is 10.2 Å². The molecule has 2 aliphatic heterocycles. The Hall–Kier alpha value is -1.02. The summed E-state index contributed by atoms with van der Waals surface area (Å²) in [7, 11) is 0. The normalized spacial score (nSPS) is 28.2. The van der Waals surface area contributed by atoms with Gasteiger partial charge < -0.3 is 10.2 Å². The van der Waals surface area contributed by atoms with E-state index in [4.69, 9.17) is 0 Å². The summed E-state index contributed by atoms with van der Waals surface area (Å²) in [4.78, 5) is 2.60. The Kier molecular flexibility index (Phi) is 2.83. The molecule has 2 heterocycles. The van der Waals surface area contributed by atoms with Crippen LogP contribution in [0.4, 0.5) is 5.69 Å². The summed E-state index contributed by atoms with van der Waals surface area (Å²) >= 11 is 0. The van der Waals surface area contributed by atoms with Gasteiger partial charge in [-0.25, -0.2) is 0 Å². The number of hydrogen-bond acceptors (Lipinski definition) is 2. The van der Waals surface area contributed by atoms with E-state index in [1.165, 1.54) is 50.3 Å². The maximum Gasteiger partial charge on any atom is 0.0398 e. The highest BCUT2D eigenvalue weighted by Crippen LogP contribution is 2.39. The lowest BCUT2D eigenvalue weighted by Crippen LogP contribution is -2.29. The Morgan fingerprint density at radius 3 is 2.94 bits per heavy atom. The molecule has 0 saturated carbocycles. The Balaban J connectivity index is 1.82. The second-order valence-electron chi connectivity index (χ2n) is 5.58. The third kappa shape index (κ3) is 1.95. The highest BCUT2D eigenvalue weighted by atomic mass is 15.2. The van der Waals surface area contributed by atoms with E-state index < -0.39 is 0 Å². The molecule has 1 atom stereocenters. The minimum absolute atomic E-state index is 0.570. The van der Waals surface area contributed by atoms with Crippen LogP contribution in [0, 0.1) is 5.41 Å². The van der Waals surface area contributed by atoms with Gasteiger partial charge in [-0.2, -0.15) is 0 Å². The quantitative estimate of drug-likeness (QED) is 0.839. The lowest BCUT2D eigenvalue weighted by Gasteiger charge is -2.25. The molecule has 0 amide bonds. The molecule has 0 radical (unpaired) electrons. The molecule has 1 spiro atoms. The zero-order chi connectivity index (χ0) is 11.7. The second-order valence-corrected chi connectivity index (χ2v) is 5.58. The van der Waals surface area contributed by atoms with Crippen LogP contribution in [0.25, 0.3) is 0 Å². The first kappa shape index (κ1) is 11.1. The van der Waals surface area contributed by atoms with Gasteiger partial charge in [-0.05, 0) is 37.4 Å². The van der Waals surface area contributed by atoms with Crippen LogP contribution in [0.5, 0.6) is 0 Å². The summed E-state index contributed by atoms with van der Waals surface area (Å²) < 4.78 is 0. The summed E-state index contributed by atoms with van der Waals surface area (Å²) in [5.41, 5.74) is 3.54. The van der Waals surface area contributed by atoms with Gasteiger partial charge in [-0.1, -0.05) is 25.1 Å². The van der Waals surface area contributed by atoms with Gasteiger partial charge in [-0.3, -0.25) is 0 Å². The van der Waals surface area contributed by atoms with Crippen molar-refractivity contribution >= 4 is 5.69 Å². The van der Waals surface area contributed by atoms with Crippen molar-refractivity contribution in [1.82, 2.24) is 5.32 Å². The Labute approximate surface area is 104 Å². The Bertz CT molecular complexity index is 394. The number of benzene rings is 1. The molecule has 2 heteroatoms. The van der Waals surface area contributed by atoms with Gasteiger partial charge in [-0.15, -0.1) is 0 Å². The monoisotopic (exact) mass is 230 g/mol. The van der Waals surface area contributed by atoms with Gasteiger partial charge in [0.1, 0.15) is 0 Å². The van der Waals surface area contributed by atoms with Crippen LogP contribution in [-0.4, -0.2) is 26.2 Å². The van der Waals surface area contributed by atoms with Crippen LogP contribution in [0.3, 0.4) is 0 Å². The number of hydrogen-bond donors (Lipinski definition) is 1. The van der Waals surface area contributed by atoms with E-state index in [0.717, 1.165) is 6.42 Å². The number of nitrogens with one attached hydrogen (secondary N) is 1. The molecule has 1 aromatic carbocycles. The predicted octanol–water partition coefficient (Wildman–Crippen LogP) is 2.44. The standard InChI is InChI=1S/C15H22N2/c1-2-13-5-3-4-6-14(13)17-10-8-15(12-17)7-9-16-11-15/h3-6,16H,2,7-12H2,1H3. The Morgan fingerprint density at radius 1 is 1.29 bits per heavy atom. The van der Waals surface area contributed by atoms with Crippen molar-refractivity contribution in [3.8, 4) is 0 Å². The molecule has 0 bridgehead atoms. The number of para-hydroxylation sites is 1. The Morgan fingerprint density at radius 2 is 2.18 bits per heavy atom. The minimum Gasteiger partial charge on any atom is -0.371 e. The van der Waals surface area contributed by atoms with Gasteiger partial charge in [0, 0.05) is 30.7 Å². The molecule has 2 aliphatic rings. The van der Waals surface area contributed by atoms with Crippen LogP contribution in [0.2, 0.25) is 0 Å². The lowest BCUT2D eigenvalue weighted by molar-refractivity contribution is 0.369. The van der Waals surface area contributed by atoms with Gasteiger partial charge in [0.25, 0.3) is 0 Å². The highest BCUT2D eigenvalue weighted by molar-refractivity contribution is 5.54. The molecule has 92 valence electrons. The average Bonchev–Trinajstić information content (AvgIpc) is 3.00. The van der Waals surface area contributed by atoms with Crippen LogP contribution >= 0.6 is 0 Å². The first-order valence-corrected chi connectivity index (χ1v) is 6.87. The summed E-state index contributed by atoms with van der Waals surface area (Å²) in [5, 5.41) is 3.53. The molecule has 0 aromatic heterocycles. The summed E-state index contributed by atoms with van der Waals surface area (Å²) in [6.45, 7) is 7.17. The summed E-state index contributed by atoms with van der Waals surface area (Å²) in [6.07, 6.45) is 3.85. The van der Waals surface area contributed by atoms with Gasteiger partial charge in [0.05, 0.1) is 0 Å². The molecule has 0 aliphatic carbocycles. The molecular formula is C15H22N2. The van der Waals surface area contributed by atoms with Crippen molar-refractivity contribution in [1.29, 1.82) is 0 Å². The number of rotatable bonds is 2. The molecule has 2 nitrogen and oxygen atoms in total. The highest BCUT2D eigenvalue weighted by Gasteiger charge is 2.40. The van der Waals surface area contributed by atoms with E-state index in [2.05, 4.69) is 41.4 Å². The molecule has 1 unspecified atom stereocenters. The third-order valence-electron chi connectivity index (χ3n) is 4.48. The van der Waals surface area contributed by atoms with E-state index in [0.29, 0.717) is 5.41 Å². The third-order valence-corrected chi connectivity index (χ3v) is 4.48. The average molecular weight is 230 g/mol. The molecule has 1 aromatic rings. The maximum absolute atomic E-state index is 3.53. The zero-order valence-corrected chi connectivity index (χ0v) is 10.7. The van der Waals surface area contributed by atoms with Crippen LogP contribution in [0.15, 0.2) is 24.3 Å². The molecule has 17 heavy (non-hydrogen) atoms. The lowest BCUT2D eigenvalue weighted by atomic mass is 9.86. The van der Waals surface area contributed by atoms with Crippen molar-refractivity contribution in [2.75, 3.05) is 31.1 Å². The van der Waals surface area contributed by atoms with Crippen LogP contribution in [-0.2, 0) is 6.42 Å². The minimum atomic E-state index is 0.570. The predicted molar refractivity (Wildman–Crippen MR) is 72.6 cm³/mol. The fourth-order valence-electron chi connectivity index (χ4n) is 3.40. The summed E-state index contributed by atoms with van der Waals surface area (Å²) in [5.74, 6) is 0. The van der Waals surface area contributed by atoms with Crippen molar-refractivity contribution < 1.29 is 0 Å². The number of nitrogens with zero attached hydrogens (tertiary/aromatic N) is 1. The fourth-order valence-corrected chi connectivity index (χ4v) is 3.40. The van der Waals surface area contributed by atoms with Crippen molar-refractivity contribution in [3.63, 3.8) is 0 Å². The fraction of sp³-hybridized carbons (Fsp3) is 0.600. The molecule has 3 rings (SSSR count). The van der Waals surface area contributed by atoms with Crippen molar-refractivity contribution in [3.05, 3.63) is 29.8 Å². The summed E-state index contributed by atoms with van der Waals surface area (Å²) in [6, 6.07) is 8.89. The van der Waals surface area contributed by atoms with E-state index in [9.17, 15) is 0 Å². The number of aryl methyl sites for hydroxylation is 1. The molecule has 2 saturated heterocycles. The molecule has 2 fully saturated rings. The first-order valence-electron chi connectivity index (χ1n) is 6.87. The van der Waals surface area contributed by atoms with Gasteiger partial charge >= 0.3 is 0 Å². The maximum atomic E-state index is 3.53. The van der Waals surface area contributed by atoms with Crippen molar-refractivity contribution in [2.24, 2.45) is 5.41 Å². The largest absolute Gasteiger partial charge is 0.371 e. The number of anilines is 1. The van der Waals surface area contributed by atoms with E-state index in [1.54, 1.807) is 0 Å². The SMILES string of the molecule is CCc1ccccc1N1CCC2(CCNC2)C1. The van der Waals surface area contributed by atoms with Gasteiger partial charge in [0.2, 0.25) is 0 Å². The molecular weight excluding hydrogens is 208 g/mol. The van der Waals surface area contributed by atoms with E-state index in [1.807, 2.05) is 0 Å². The van der Waals surface area contributed by atoms with Crippen LogP contribution in [0.1, 0.15) is 25.3 Å². The van der Waals surface area contributed by atoms with Crippen molar-refractivity contribution in [2.45, 2.75) is 26.2 Å². The first-order chi connectivity index (χ1) is 8.33. The topological polar surface area (TPSA) is 15.3 Å². The zero-order valence-electron chi connectivity index (χ0n) is 10.7. The second kappa shape index (κ2) is 4.34. The molecule has 1 N–H and O–H groups in total. The van der Waals surface area contributed by atoms with Gasteiger partial charge in [0.15, 0.2) is 0 Å².